The van der Waals surface area contributed by atoms with E-state index in [0.717, 1.165) is 6.29 Å². The molecular formula is C18H24FNO2Si. The summed E-state index contributed by atoms with van der Waals surface area (Å²) in [7, 11) is -1.60. The fraction of sp³-hybridized carbons (Fsp3) is 0.500. The molecule has 3 nitrogen and oxygen atoms in total. The van der Waals surface area contributed by atoms with E-state index in [4.69, 9.17) is 4.74 Å². The van der Waals surface area contributed by atoms with Gasteiger partial charge in [0.15, 0.2) is 6.29 Å². The topological polar surface area (TPSA) is 29.5 Å². The van der Waals surface area contributed by atoms with Crippen LogP contribution in [0.25, 0.3) is 0 Å². The third-order valence-corrected chi connectivity index (χ3v) is 4.45. The van der Waals surface area contributed by atoms with Gasteiger partial charge in [0.2, 0.25) is 0 Å². The van der Waals surface area contributed by atoms with Crippen molar-refractivity contribution in [2.45, 2.75) is 45.7 Å². The molecule has 1 aliphatic rings. The smallest absolute Gasteiger partial charge is 0.152 e. The molecule has 1 aromatic carbocycles. The molecule has 0 radical (unpaired) electrons. The summed E-state index contributed by atoms with van der Waals surface area (Å²) >= 11 is 0. The van der Waals surface area contributed by atoms with Crippen LogP contribution in [0.15, 0.2) is 12.1 Å². The number of ether oxygens (including phenoxy) is 1. The average Bonchev–Trinajstić information content (AvgIpc) is 2.43. The lowest BCUT2D eigenvalue weighted by Gasteiger charge is -2.37. The molecule has 1 heterocycles. The zero-order valence-electron chi connectivity index (χ0n) is 14.4. The van der Waals surface area contributed by atoms with Gasteiger partial charge in [-0.3, -0.25) is 4.79 Å². The Kier molecular flexibility index (Phi) is 5.28. The van der Waals surface area contributed by atoms with Gasteiger partial charge in [-0.1, -0.05) is 25.6 Å². The molecule has 1 aromatic rings. The van der Waals surface area contributed by atoms with Crippen molar-refractivity contribution in [1.29, 1.82) is 0 Å². The molecule has 0 saturated carbocycles. The van der Waals surface area contributed by atoms with Gasteiger partial charge in [-0.2, -0.15) is 0 Å². The Bertz CT molecular complexity index is 647. The van der Waals surface area contributed by atoms with Crippen LogP contribution in [-0.2, 0) is 4.74 Å². The van der Waals surface area contributed by atoms with E-state index >= 15 is 0 Å². The monoisotopic (exact) mass is 333 g/mol. The van der Waals surface area contributed by atoms with Gasteiger partial charge in [-0.05, 0) is 26.0 Å². The van der Waals surface area contributed by atoms with E-state index in [9.17, 15) is 9.18 Å². The van der Waals surface area contributed by atoms with Crippen molar-refractivity contribution < 1.29 is 13.9 Å². The minimum atomic E-state index is -1.60. The minimum absolute atomic E-state index is 0.0488. The Balaban J connectivity index is 2.40. The van der Waals surface area contributed by atoms with Crippen molar-refractivity contribution in [2.75, 3.05) is 18.0 Å². The molecule has 2 unspecified atom stereocenters. The summed E-state index contributed by atoms with van der Waals surface area (Å²) in [5, 5.41) is 0. The van der Waals surface area contributed by atoms with Gasteiger partial charge in [0.25, 0.3) is 0 Å². The first kappa shape index (κ1) is 17.7. The molecule has 0 N–H and O–H groups in total. The second kappa shape index (κ2) is 6.86. The molecule has 0 amide bonds. The van der Waals surface area contributed by atoms with Crippen molar-refractivity contribution in [3.05, 3.63) is 29.1 Å². The molecule has 0 aliphatic carbocycles. The molecule has 1 saturated heterocycles. The summed E-state index contributed by atoms with van der Waals surface area (Å²) in [5.41, 5.74) is 4.54. The SMILES string of the molecule is CC1CN(c2cc(F)c(C#C[Si](C)(C)C)cc2C=O)CC(C)O1. The Morgan fingerprint density at radius 1 is 1.26 bits per heavy atom. The average molecular weight is 333 g/mol. The van der Waals surface area contributed by atoms with Gasteiger partial charge in [-0.15, -0.1) is 5.54 Å². The molecule has 124 valence electrons. The standard InChI is InChI=1S/C18H24FNO2Si/c1-13-10-20(11-14(2)22-13)18-9-17(19)15(8-16(18)12-21)6-7-23(3,4)5/h8-9,12-14H,10-11H2,1-5H3. The van der Waals surface area contributed by atoms with Crippen molar-refractivity contribution >= 4 is 20.0 Å². The fourth-order valence-electron chi connectivity index (χ4n) is 2.67. The van der Waals surface area contributed by atoms with Crippen molar-refractivity contribution in [3.63, 3.8) is 0 Å². The molecule has 2 rings (SSSR count). The first-order chi connectivity index (χ1) is 10.7. The van der Waals surface area contributed by atoms with Crippen LogP contribution in [0.2, 0.25) is 19.6 Å². The van der Waals surface area contributed by atoms with Crippen LogP contribution in [0.5, 0.6) is 0 Å². The van der Waals surface area contributed by atoms with Crippen LogP contribution >= 0.6 is 0 Å². The molecular weight excluding hydrogens is 309 g/mol. The quantitative estimate of drug-likeness (QED) is 0.471. The van der Waals surface area contributed by atoms with Crippen LogP contribution in [0.1, 0.15) is 29.8 Å². The third-order valence-electron chi connectivity index (χ3n) is 3.58. The maximum Gasteiger partial charge on any atom is 0.152 e. The first-order valence-corrected chi connectivity index (χ1v) is 11.4. The predicted molar refractivity (Wildman–Crippen MR) is 94.2 cm³/mol. The lowest BCUT2D eigenvalue weighted by Crippen LogP contribution is -2.45. The van der Waals surface area contributed by atoms with Gasteiger partial charge < -0.3 is 9.64 Å². The van der Waals surface area contributed by atoms with Crippen LogP contribution in [0, 0.1) is 17.3 Å². The Hall–Kier alpha value is -1.64. The van der Waals surface area contributed by atoms with E-state index in [-0.39, 0.29) is 18.0 Å². The summed E-state index contributed by atoms with van der Waals surface area (Å²) < 4.78 is 20.1. The van der Waals surface area contributed by atoms with Gasteiger partial charge >= 0.3 is 0 Å². The summed E-state index contributed by atoms with van der Waals surface area (Å²) in [6.07, 6.45) is 0.875. The van der Waals surface area contributed by atoms with Crippen molar-refractivity contribution in [1.82, 2.24) is 0 Å². The zero-order valence-corrected chi connectivity index (χ0v) is 15.4. The van der Waals surface area contributed by atoms with Gasteiger partial charge in [0.05, 0.1) is 23.5 Å². The number of nitrogens with zero attached hydrogens (tertiary/aromatic N) is 1. The number of hydrogen-bond acceptors (Lipinski definition) is 3. The molecule has 0 aromatic heterocycles. The zero-order chi connectivity index (χ0) is 17.2. The van der Waals surface area contributed by atoms with Gasteiger partial charge in [0.1, 0.15) is 13.9 Å². The highest BCUT2D eigenvalue weighted by Gasteiger charge is 2.25. The van der Waals surface area contributed by atoms with Gasteiger partial charge in [0, 0.05) is 18.7 Å². The number of anilines is 1. The van der Waals surface area contributed by atoms with E-state index in [1.54, 1.807) is 6.07 Å². The highest BCUT2D eigenvalue weighted by atomic mass is 28.3. The molecule has 2 atom stereocenters. The van der Waals surface area contributed by atoms with E-state index in [1.165, 1.54) is 6.07 Å². The minimum Gasteiger partial charge on any atom is -0.372 e. The molecule has 0 bridgehead atoms. The molecule has 0 spiro atoms. The van der Waals surface area contributed by atoms with Crippen molar-refractivity contribution in [2.24, 2.45) is 0 Å². The maximum atomic E-state index is 14.4. The Labute approximate surface area is 138 Å². The summed E-state index contributed by atoms with van der Waals surface area (Å²) in [5.74, 6) is 2.54. The van der Waals surface area contributed by atoms with E-state index < -0.39 is 8.07 Å². The number of aldehydes is 1. The summed E-state index contributed by atoms with van der Waals surface area (Å²) in [6.45, 7) is 11.5. The van der Waals surface area contributed by atoms with E-state index in [2.05, 4.69) is 31.1 Å². The van der Waals surface area contributed by atoms with Crippen LogP contribution < -0.4 is 4.90 Å². The second-order valence-corrected chi connectivity index (χ2v) is 11.9. The Morgan fingerprint density at radius 3 is 2.39 bits per heavy atom. The number of halogens is 1. The predicted octanol–water partition coefficient (Wildman–Crippen LogP) is 3.48. The highest BCUT2D eigenvalue weighted by molar-refractivity contribution is 6.83. The maximum absolute atomic E-state index is 14.4. The molecule has 5 heteroatoms. The molecule has 23 heavy (non-hydrogen) atoms. The normalized spacial score (nSPS) is 21.6. The number of benzene rings is 1. The van der Waals surface area contributed by atoms with Gasteiger partial charge in [-0.25, -0.2) is 4.39 Å². The van der Waals surface area contributed by atoms with Crippen LogP contribution in [0.4, 0.5) is 10.1 Å². The van der Waals surface area contributed by atoms with E-state index in [1.807, 2.05) is 18.7 Å². The van der Waals surface area contributed by atoms with E-state index in [0.29, 0.717) is 29.9 Å². The highest BCUT2D eigenvalue weighted by Crippen LogP contribution is 2.26. The number of carbonyl (C=O) groups is 1. The number of rotatable bonds is 2. The van der Waals surface area contributed by atoms with Crippen molar-refractivity contribution in [3.8, 4) is 11.5 Å². The lowest BCUT2D eigenvalue weighted by molar-refractivity contribution is -0.00527. The molecule has 1 aliphatic heterocycles. The third kappa shape index (κ3) is 4.66. The number of morpholine rings is 1. The largest absolute Gasteiger partial charge is 0.372 e. The molecule has 1 fully saturated rings. The second-order valence-electron chi connectivity index (χ2n) is 7.17. The Morgan fingerprint density at radius 2 is 1.87 bits per heavy atom. The van der Waals surface area contributed by atoms with Crippen LogP contribution in [-0.4, -0.2) is 39.7 Å². The lowest BCUT2D eigenvalue weighted by atomic mass is 10.1. The summed E-state index contributed by atoms with van der Waals surface area (Å²) in [4.78, 5) is 13.5. The number of hydrogen-bond donors (Lipinski definition) is 0. The fourth-order valence-corrected chi connectivity index (χ4v) is 3.18. The summed E-state index contributed by atoms with van der Waals surface area (Å²) in [6, 6.07) is 3.00. The van der Waals surface area contributed by atoms with Crippen LogP contribution in [0.3, 0.4) is 0 Å². The number of carbonyl (C=O) groups excluding carboxylic acids is 1. The first-order valence-electron chi connectivity index (χ1n) is 7.92.